The van der Waals surface area contributed by atoms with E-state index in [2.05, 4.69) is 11.0 Å². The van der Waals surface area contributed by atoms with Crippen LogP contribution in [0.2, 0.25) is 0 Å². The Kier molecular flexibility index (Phi) is 2.57. The largest absolute Gasteiger partial charge is 0.397 e. The molecule has 0 amide bonds. The molecule has 1 aromatic heterocycles. The average molecular weight is 209 g/mol. The number of ether oxygens (including phenoxy) is 1. The molecule has 4 nitrogen and oxygen atoms in total. The zero-order valence-corrected chi connectivity index (χ0v) is 8.51. The van der Waals surface area contributed by atoms with E-state index in [1.807, 2.05) is 5.38 Å². The lowest BCUT2D eigenvalue weighted by Gasteiger charge is -2.27. The molecule has 0 bridgehead atoms. The first-order valence-electron chi connectivity index (χ1n) is 4.42. The highest BCUT2D eigenvalue weighted by Crippen LogP contribution is 2.32. The van der Waals surface area contributed by atoms with Crippen LogP contribution in [0.25, 0.3) is 0 Å². The van der Waals surface area contributed by atoms with Gasteiger partial charge in [0.2, 0.25) is 0 Å². The van der Waals surface area contributed by atoms with Crippen molar-refractivity contribution in [2.75, 3.05) is 36.9 Å². The van der Waals surface area contributed by atoms with Gasteiger partial charge in [0, 0.05) is 18.5 Å². The lowest BCUT2D eigenvalue weighted by Crippen LogP contribution is -2.36. The lowest BCUT2D eigenvalue weighted by molar-refractivity contribution is 0.123. The topological polar surface area (TPSA) is 62.3 Å². The number of hydrogen-bond acceptors (Lipinski definition) is 5. The first-order valence-corrected chi connectivity index (χ1v) is 5.30. The smallest absolute Gasteiger partial charge is 0.111 e. The molecule has 0 aromatic carbocycles. The highest BCUT2D eigenvalue weighted by Gasteiger charge is 2.18. The van der Waals surface area contributed by atoms with Gasteiger partial charge in [-0.05, 0) is 0 Å². The van der Waals surface area contributed by atoms with Gasteiger partial charge in [0.1, 0.15) is 16.6 Å². The van der Waals surface area contributed by atoms with E-state index in [4.69, 9.17) is 15.7 Å². The Morgan fingerprint density at radius 3 is 2.86 bits per heavy atom. The molecule has 1 aromatic rings. The van der Waals surface area contributed by atoms with Crippen LogP contribution in [0.1, 0.15) is 5.56 Å². The van der Waals surface area contributed by atoms with Crippen molar-refractivity contribution in [1.82, 2.24) is 0 Å². The predicted molar refractivity (Wildman–Crippen MR) is 56.5 cm³/mol. The number of anilines is 2. The molecule has 1 aliphatic rings. The standard InChI is InChI=1S/C9H11N3OS/c10-5-7-8(11)6-14-9(7)12-1-3-13-4-2-12/h6H,1-4,11H2. The summed E-state index contributed by atoms with van der Waals surface area (Å²) in [6, 6.07) is 2.14. The van der Waals surface area contributed by atoms with Gasteiger partial charge in [-0.1, -0.05) is 0 Å². The molecule has 0 radical (unpaired) electrons. The molecule has 5 heteroatoms. The van der Waals surface area contributed by atoms with Crippen LogP contribution in [-0.2, 0) is 4.74 Å². The van der Waals surface area contributed by atoms with Gasteiger partial charge < -0.3 is 15.4 Å². The highest BCUT2D eigenvalue weighted by atomic mass is 32.1. The Morgan fingerprint density at radius 1 is 1.50 bits per heavy atom. The van der Waals surface area contributed by atoms with Gasteiger partial charge in [0.15, 0.2) is 0 Å². The van der Waals surface area contributed by atoms with Crippen molar-refractivity contribution in [1.29, 1.82) is 5.26 Å². The molecule has 2 N–H and O–H groups in total. The van der Waals surface area contributed by atoms with Crippen molar-refractivity contribution < 1.29 is 4.74 Å². The number of morpholine rings is 1. The van der Waals surface area contributed by atoms with Gasteiger partial charge in [0.25, 0.3) is 0 Å². The maximum atomic E-state index is 8.94. The Bertz CT molecular complexity index is 363. The first kappa shape index (κ1) is 9.31. The van der Waals surface area contributed by atoms with Crippen LogP contribution in [0.3, 0.4) is 0 Å². The van der Waals surface area contributed by atoms with Crippen LogP contribution in [0.5, 0.6) is 0 Å². The number of nitrogens with zero attached hydrogens (tertiary/aromatic N) is 2. The third-order valence-electron chi connectivity index (χ3n) is 2.21. The fourth-order valence-electron chi connectivity index (χ4n) is 1.47. The molecule has 0 spiro atoms. The summed E-state index contributed by atoms with van der Waals surface area (Å²) in [5.74, 6) is 0. The molecule has 1 saturated heterocycles. The van der Waals surface area contributed by atoms with E-state index in [-0.39, 0.29) is 0 Å². The fraction of sp³-hybridized carbons (Fsp3) is 0.444. The summed E-state index contributed by atoms with van der Waals surface area (Å²) in [5, 5.41) is 11.7. The molecule has 0 saturated carbocycles. The maximum absolute atomic E-state index is 8.94. The Morgan fingerprint density at radius 2 is 2.21 bits per heavy atom. The summed E-state index contributed by atoms with van der Waals surface area (Å²) in [7, 11) is 0. The van der Waals surface area contributed by atoms with E-state index in [1.54, 1.807) is 0 Å². The number of hydrogen-bond donors (Lipinski definition) is 1. The Balaban J connectivity index is 2.26. The quantitative estimate of drug-likeness (QED) is 0.750. The molecule has 0 atom stereocenters. The molecular formula is C9H11N3OS. The summed E-state index contributed by atoms with van der Waals surface area (Å²) < 4.78 is 5.25. The third kappa shape index (κ3) is 1.54. The van der Waals surface area contributed by atoms with E-state index in [1.165, 1.54) is 11.3 Å². The summed E-state index contributed by atoms with van der Waals surface area (Å²) in [6.07, 6.45) is 0. The summed E-state index contributed by atoms with van der Waals surface area (Å²) in [6.45, 7) is 3.13. The third-order valence-corrected chi connectivity index (χ3v) is 3.27. The molecule has 14 heavy (non-hydrogen) atoms. The van der Waals surface area contributed by atoms with E-state index >= 15 is 0 Å². The highest BCUT2D eigenvalue weighted by molar-refractivity contribution is 7.15. The van der Waals surface area contributed by atoms with Crippen molar-refractivity contribution in [3.63, 3.8) is 0 Å². The van der Waals surface area contributed by atoms with Crippen molar-refractivity contribution in [3.8, 4) is 6.07 Å². The summed E-state index contributed by atoms with van der Waals surface area (Å²) in [5.41, 5.74) is 6.88. The number of thiophene rings is 1. The van der Waals surface area contributed by atoms with Gasteiger partial charge in [-0.2, -0.15) is 5.26 Å². The van der Waals surface area contributed by atoms with E-state index in [0.29, 0.717) is 11.3 Å². The van der Waals surface area contributed by atoms with E-state index in [0.717, 1.165) is 31.3 Å². The maximum Gasteiger partial charge on any atom is 0.111 e. The summed E-state index contributed by atoms with van der Waals surface area (Å²) >= 11 is 1.53. The minimum atomic E-state index is 0.582. The monoisotopic (exact) mass is 209 g/mol. The van der Waals surface area contributed by atoms with Crippen molar-refractivity contribution in [2.24, 2.45) is 0 Å². The molecular weight excluding hydrogens is 198 g/mol. The van der Waals surface area contributed by atoms with Crippen molar-refractivity contribution in [3.05, 3.63) is 10.9 Å². The molecule has 2 rings (SSSR count). The molecule has 2 heterocycles. The van der Waals surface area contributed by atoms with Crippen molar-refractivity contribution >= 4 is 22.0 Å². The molecule has 0 unspecified atom stereocenters. The summed E-state index contributed by atoms with van der Waals surface area (Å²) in [4.78, 5) is 2.16. The van der Waals surface area contributed by atoms with Crippen LogP contribution in [0, 0.1) is 11.3 Å². The minimum Gasteiger partial charge on any atom is -0.397 e. The molecule has 0 aliphatic carbocycles. The molecule has 74 valence electrons. The lowest BCUT2D eigenvalue weighted by atomic mass is 10.3. The van der Waals surface area contributed by atoms with Crippen LogP contribution >= 0.6 is 11.3 Å². The Hall–Kier alpha value is -1.25. The zero-order valence-electron chi connectivity index (χ0n) is 7.69. The molecule has 1 aliphatic heterocycles. The van der Waals surface area contributed by atoms with E-state index < -0.39 is 0 Å². The second-order valence-electron chi connectivity index (χ2n) is 3.08. The normalized spacial score (nSPS) is 16.6. The van der Waals surface area contributed by atoms with Gasteiger partial charge in [-0.25, -0.2) is 0 Å². The van der Waals surface area contributed by atoms with Gasteiger partial charge >= 0.3 is 0 Å². The van der Waals surface area contributed by atoms with Crippen LogP contribution < -0.4 is 10.6 Å². The van der Waals surface area contributed by atoms with Crippen LogP contribution in [0.4, 0.5) is 10.7 Å². The van der Waals surface area contributed by atoms with Gasteiger partial charge in [0.05, 0.1) is 18.9 Å². The van der Waals surface area contributed by atoms with Crippen LogP contribution in [-0.4, -0.2) is 26.3 Å². The minimum absolute atomic E-state index is 0.582. The SMILES string of the molecule is N#Cc1c(N)csc1N1CCOCC1. The zero-order chi connectivity index (χ0) is 9.97. The van der Waals surface area contributed by atoms with Crippen molar-refractivity contribution in [2.45, 2.75) is 0 Å². The van der Waals surface area contributed by atoms with E-state index in [9.17, 15) is 0 Å². The van der Waals surface area contributed by atoms with Crippen LogP contribution in [0.15, 0.2) is 5.38 Å². The predicted octanol–water partition coefficient (Wildman–Crippen LogP) is 1.04. The number of nitrogen functional groups attached to an aromatic ring is 1. The van der Waals surface area contributed by atoms with Gasteiger partial charge in [-0.3, -0.25) is 0 Å². The second kappa shape index (κ2) is 3.86. The number of nitriles is 1. The first-order chi connectivity index (χ1) is 6.83. The average Bonchev–Trinajstić information content (AvgIpc) is 2.61. The second-order valence-corrected chi connectivity index (χ2v) is 3.94. The number of nitrogens with two attached hydrogens (primary N) is 1. The van der Waals surface area contributed by atoms with Gasteiger partial charge in [-0.15, -0.1) is 11.3 Å². The number of rotatable bonds is 1. The Labute approximate surface area is 86.5 Å². The fourth-order valence-corrected chi connectivity index (χ4v) is 2.44. The molecule has 1 fully saturated rings.